The Kier molecular flexibility index (Phi) is 1.78. The van der Waals surface area contributed by atoms with Gasteiger partial charge in [-0.15, -0.1) is 0 Å². The number of rotatable bonds is 1. The molecule has 0 atom stereocenters. The van der Waals surface area contributed by atoms with Crippen LogP contribution in [0.3, 0.4) is 0 Å². The minimum atomic E-state index is -1.15. The Morgan fingerprint density at radius 1 is 1.57 bits per heavy atom. The van der Waals surface area contributed by atoms with Gasteiger partial charge >= 0.3 is 6.09 Å². The first-order valence-corrected chi connectivity index (χ1v) is 3.88. The number of hydrogen-bond donors (Lipinski definition) is 1. The first-order chi connectivity index (χ1) is 6.74. The zero-order valence-corrected chi connectivity index (χ0v) is 7.04. The fraction of sp³-hybridized carbons (Fsp3) is 0. The highest BCUT2D eigenvalue weighted by Gasteiger charge is 2.12. The number of aromatic nitrogens is 2. The van der Waals surface area contributed by atoms with Crippen LogP contribution in [0.1, 0.15) is 10.4 Å². The predicted octanol–water partition coefficient (Wildman–Crippen LogP) is 1.37. The lowest BCUT2D eigenvalue weighted by atomic mass is 10.2. The maximum atomic E-state index is 10.8. The SMILES string of the molecule is O=Cc1cn(C(=O)O)c2ncccc12. The Morgan fingerprint density at radius 2 is 2.36 bits per heavy atom. The molecule has 0 fully saturated rings. The lowest BCUT2D eigenvalue weighted by molar-refractivity contribution is 0.112. The van der Waals surface area contributed by atoms with E-state index in [2.05, 4.69) is 4.98 Å². The third kappa shape index (κ3) is 1.06. The molecule has 2 heterocycles. The van der Waals surface area contributed by atoms with Crippen LogP contribution in [0.5, 0.6) is 0 Å². The van der Waals surface area contributed by atoms with Gasteiger partial charge in [0.2, 0.25) is 0 Å². The summed E-state index contributed by atoms with van der Waals surface area (Å²) in [5.41, 5.74) is 0.609. The maximum Gasteiger partial charge on any atom is 0.417 e. The van der Waals surface area contributed by atoms with Crippen LogP contribution in [0.15, 0.2) is 24.5 Å². The Hall–Kier alpha value is -2.17. The largest absolute Gasteiger partial charge is 0.464 e. The highest BCUT2D eigenvalue weighted by atomic mass is 16.4. The van der Waals surface area contributed by atoms with Crippen LogP contribution >= 0.6 is 0 Å². The minimum Gasteiger partial charge on any atom is -0.464 e. The summed E-state index contributed by atoms with van der Waals surface area (Å²) < 4.78 is 0.930. The van der Waals surface area contributed by atoms with E-state index in [1.165, 1.54) is 12.4 Å². The topological polar surface area (TPSA) is 72.2 Å². The zero-order valence-electron chi connectivity index (χ0n) is 7.04. The number of pyridine rings is 1. The quantitative estimate of drug-likeness (QED) is 0.689. The van der Waals surface area contributed by atoms with Gasteiger partial charge in [-0.25, -0.2) is 14.3 Å². The van der Waals surface area contributed by atoms with Crippen LogP contribution < -0.4 is 0 Å². The van der Waals surface area contributed by atoms with Gasteiger partial charge in [-0.05, 0) is 12.1 Å². The van der Waals surface area contributed by atoms with Gasteiger partial charge in [-0.2, -0.15) is 0 Å². The Balaban J connectivity index is 2.86. The summed E-state index contributed by atoms with van der Waals surface area (Å²) in [4.78, 5) is 25.3. The van der Waals surface area contributed by atoms with Crippen molar-refractivity contribution in [2.45, 2.75) is 0 Å². The first kappa shape index (κ1) is 8.43. The Labute approximate surface area is 78.6 Å². The number of aldehydes is 1. The van der Waals surface area contributed by atoms with E-state index in [1.807, 2.05) is 0 Å². The van der Waals surface area contributed by atoms with Crippen LogP contribution in [0.4, 0.5) is 4.79 Å². The van der Waals surface area contributed by atoms with E-state index < -0.39 is 6.09 Å². The van der Waals surface area contributed by atoms with Gasteiger partial charge in [-0.1, -0.05) is 0 Å². The van der Waals surface area contributed by atoms with Crippen molar-refractivity contribution < 1.29 is 14.7 Å². The zero-order chi connectivity index (χ0) is 10.1. The molecule has 0 bridgehead atoms. The number of hydrogen-bond acceptors (Lipinski definition) is 3. The molecule has 0 saturated carbocycles. The van der Waals surface area contributed by atoms with Crippen molar-refractivity contribution in [3.63, 3.8) is 0 Å². The summed E-state index contributed by atoms with van der Waals surface area (Å²) >= 11 is 0. The first-order valence-electron chi connectivity index (χ1n) is 3.88. The van der Waals surface area contributed by atoms with Crippen LogP contribution in [0.2, 0.25) is 0 Å². The summed E-state index contributed by atoms with van der Waals surface area (Å²) in [6.45, 7) is 0. The van der Waals surface area contributed by atoms with Crippen molar-refractivity contribution in [1.82, 2.24) is 9.55 Å². The lowest BCUT2D eigenvalue weighted by Gasteiger charge is -1.94. The van der Waals surface area contributed by atoms with Crippen molar-refractivity contribution >= 4 is 23.4 Å². The minimum absolute atomic E-state index is 0.280. The molecular weight excluding hydrogens is 184 g/mol. The van der Waals surface area contributed by atoms with Gasteiger partial charge < -0.3 is 5.11 Å². The van der Waals surface area contributed by atoms with E-state index in [1.54, 1.807) is 12.1 Å². The molecule has 5 heteroatoms. The van der Waals surface area contributed by atoms with Crippen molar-refractivity contribution in [1.29, 1.82) is 0 Å². The van der Waals surface area contributed by atoms with Gasteiger partial charge in [0.25, 0.3) is 0 Å². The number of carboxylic acid groups (broad SMARTS) is 1. The standard InChI is InChI=1S/C9H6N2O3/c12-5-6-4-11(9(13)14)8-7(6)2-1-3-10-8/h1-5H,(H,13,14). The van der Waals surface area contributed by atoms with E-state index in [-0.39, 0.29) is 5.65 Å². The van der Waals surface area contributed by atoms with Gasteiger partial charge in [0.05, 0.1) is 0 Å². The number of nitrogens with zero attached hydrogens (tertiary/aromatic N) is 2. The molecule has 0 unspecified atom stereocenters. The smallest absolute Gasteiger partial charge is 0.417 e. The summed E-state index contributed by atoms with van der Waals surface area (Å²) in [5, 5.41) is 9.34. The molecule has 2 rings (SSSR count). The number of fused-ring (bicyclic) bond motifs is 1. The van der Waals surface area contributed by atoms with Crippen LogP contribution in [-0.4, -0.2) is 27.0 Å². The molecular formula is C9H6N2O3. The molecule has 0 radical (unpaired) electrons. The molecule has 0 spiro atoms. The summed E-state index contributed by atoms with van der Waals surface area (Å²) in [5.74, 6) is 0. The molecule has 70 valence electrons. The second-order valence-electron chi connectivity index (χ2n) is 2.73. The van der Waals surface area contributed by atoms with E-state index in [0.717, 1.165) is 4.57 Å². The van der Waals surface area contributed by atoms with Crippen molar-refractivity contribution in [3.8, 4) is 0 Å². The Bertz CT molecular complexity index is 516. The highest BCUT2D eigenvalue weighted by molar-refractivity contribution is 5.99. The van der Waals surface area contributed by atoms with E-state index in [0.29, 0.717) is 17.2 Å². The fourth-order valence-corrected chi connectivity index (χ4v) is 1.32. The van der Waals surface area contributed by atoms with E-state index in [9.17, 15) is 9.59 Å². The van der Waals surface area contributed by atoms with Gasteiger partial charge in [0.15, 0.2) is 6.29 Å². The van der Waals surface area contributed by atoms with Crippen LogP contribution in [0, 0.1) is 0 Å². The Morgan fingerprint density at radius 3 is 3.00 bits per heavy atom. The van der Waals surface area contributed by atoms with Crippen LogP contribution in [-0.2, 0) is 0 Å². The van der Waals surface area contributed by atoms with Crippen molar-refractivity contribution in [2.75, 3.05) is 0 Å². The van der Waals surface area contributed by atoms with E-state index >= 15 is 0 Å². The molecule has 0 saturated heterocycles. The molecule has 0 aromatic carbocycles. The molecule has 0 aliphatic heterocycles. The van der Waals surface area contributed by atoms with Crippen molar-refractivity contribution in [2.24, 2.45) is 0 Å². The maximum absolute atomic E-state index is 10.8. The van der Waals surface area contributed by atoms with Crippen molar-refractivity contribution in [3.05, 3.63) is 30.1 Å². The summed E-state index contributed by atoms with van der Waals surface area (Å²) in [7, 11) is 0. The van der Waals surface area contributed by atoms with Gasteiger partial charge in [0, 0.05) is 23.3 Å². The van der Waals surface area contributed by atoms with Gasteiger partial charge in [-0.3, -0.25) is 4.79 Å². The predicted molar refractivity (Wildman–Crippen MR) is 48.5 cm³/mol. The third-order valence-corrected chi connectivity index (χ3v) is 1.93. The molecule has 0 aliphatic rings. The molecule has 2 aromatic rings. The van der Waals surface area contributed by atoms with Crippen LogP contribution in [0.25, 0.3) is 11.0 Å². The highest BCUT2D eigenvalue weighted by Crippen LogP contribution is 2.16. The average molecular weight is 190 g/mol. The molecule has 0 amide bonds. The van der Waals surface area contributed by atoms with E-state index in [4.69, 9.17) is 5.11 Å². The average Bonchev–Trinajstić information content (AvgIpc) is 2.56. The fourth-order valence-electron chi connectivity index (χ4n) is 1.32. The summed E-state index contributed by atoms with van der Waals surface area (Å²) in [6.07, 6.45) is 2.20. The molecule has 1 N–H and O–H groups in total. The molecule has 14 heavy (non-hydrogen) atoms. The number of carbonyl (C=O) groups excluding carboxylic acids is 1. The molecule has 2 aromatic heterocycles. The molecule has 5 nitrogen and oxygen atoms in total. The monoisotopic (exact) mass is 190 g/mol. The second kappa shape index (κ2) is 2.95. The normalized spacial score (nSPS) is 10.3. The lowest BCUT2D eigenvalue weighted by Crippen LogP contribution is -2.06. The van der Waals surface area contributed by atoms with Gasteiger partial charge in [0.1, 0.15) is 5.65 Å². The molecule has 0 aliphatic carbocycles. The number of carbonyl (C=O) groups is 2. The summed E-state index contributed by atoms with van der Waals surface area (Å²) in [6, 6.07) is 3.31. The third-order valence-electron chi connectivity index (χ3n) is 1.93. The second-order valence-corrected chi connectivity index (χ2v) is 2.73.